The average molecular weight is 340 g/mol. The number of carbonyl (C=O) groups excluding carboxylic acids is 1. The molecular weight excluding hydrogens is 322 g/mol. The largest absolute Gasteiger partial charge is 0.504 e. The summed E-state index contributed by atoms with van der Waals surface area (Å²) in [6, 6.07) is 5.52. The van der Waals surface area contributed by atoms with Crippen molar-refractivity contribution in [3.8, 4) is 11.5 Å². The summed E-state index contributed by atoms with van der Waals surface area (Å²) in [6.45, 7) is 0. The third-order valence-electron chi connectivity index (χ3n) is 4.34. The van der Waals surface area contributed by atoms with Crippen molar-refractivity contribution in [1.29, 1.82) is 0 Å². The summed E-state index contributed by atoms with van der Waals surface area (Å²) in [7, 11) is 1.50. The molecule has 2 aliphatic rings. The zero-order chi connectivity index (χ0) is 14.3. The molecule has 0 radical (unpaired) electrons. The Morgan fingerprint density at radius 2 is 2.00 bits per heavy atom. The van der Waals surface area contributed by atoms with E-state index in [9.17, 15) is 9.90 Å². The van der Waals surface area contributed by atoms with Crippen molar-refractivity contribution < 1.29 is 14.6 Å². The van der Waals surface area contributed by atoms with E-state index in [0.717, 1.165) is 25.7 Å². The lowest BCUT2D eigenvalue weighted by Crippen LogP contribution is -2.46. The number of hydrogen-bond donors (Lipinski definition) is 1. The van der Waals surface area contributed by atoms with Crippen LogP contribution in [0.4, 0.5) is 0 Å². The van der Waals surface area contributed by atoms with Crippen LogP contribution in [0.25, 0.3) is 0 Å². The molecule has 1 aromatic carbocycles. The number of piperidine rings is 1. The molecule has 2 heterocycles. The van der Waals surface area contributed by atoms with Gasteiger partial charge in [-0.3, -0.25) is 4.79 Å². The van der Waals surface area contributed by atoms with E-state index >= 15 is 0 Å². The Balaban J connectivity index is 1.84. The number of nitrogens with zero attached hydrogens (tertiary/aromatic N) is 1. The SMILES string of the molecule is COc1ccc(C(=O)N2C3CCC2CC(Br)C3)cc1O. The van der Waals surface area contributed by atoms with Crippen LogP contribution in [-0.4, -0.2) is 39.9 Å². The van der Waals surface area contributed by atoms with Gasteiger partial charge < -0.3 is 14.7 Å². The molecule has 0 aromatic heterocycles. The summed E-state index contributed by atoms with van der Waals surface area (Å²) < 4.78 is 5.01. The van der Waals surface area contributed by atoms with Crippen LogP contribution >= 0.6 is 15.9 Å². The van der Waals surface area contributed by atoms with Crippen LogP contribution in [0.15, 0.2) is 18.2 Å². The molecule has 2 aliphatic heterocycles. The zero-order valence-corrected chi connectivity index (χ0v) is 13.0. The molecule has 2 bridgehead atoms. The van der Waals surface area contributed by atoms with Crippen LogP contribution in [0.5, 0.6) is 11.5 Å². The van der Waals surface area contributed by atoms with Crippen LogP contribution < -0.4 is 4.74 Å². The number of halogens is 1. The fourth-order valence-corrected chi connectivity index (χ4v) is 4.28. The van der Waals surface area contributed by atoms with Crippen molar-refractivity contribution in [2.45, 2.75) is 42.6 Å². The molecule has 0 spiro atoms. The molecule has 108 valence electrons. The van der Waals surface area contributed by atoms with Crippen LogP contribution in [0.1, 0.15) is 36.0 Å². The molecule has 2 unspecified atom stereocenters. The van der Waals surface area contributed by atoms with Gasteiger partial charge in [0.25, 0.3) is 5.91 Å². The average Bonchev–Trinajstić information content (AvgIpc) is 2.70. The first kappa shape index (κ1) is 13.7. The minimum absolute atomic E-state index is 0.0149. The number of methoxy groups -OCH3 is 1. The van der Waals surface area contributed by atoms with E-state index in [1.807, 2.05) is 4.90 Å². The molecule has 2 fully saturated rings. The van der Waals surface area contributed by atoms with Gasteiger partial charge in [-0.1, -0.05) is 15.9 Å². The number of amides is 1. The van der Waals surface area contributed by atoms with E-state index in [4.69, 9.17) is 4.74 Å². The molecule has 0 aliphatic carbocycles. The second-order valence-corrected chi connectivity index (χ2v) is 6.85. The topological polar surface area (TPSA) is 49.8 Å². The molecule has 1 amide bonds. The first-order valence-electron chi connectivity index (χ1n) is 6.94. The highest BCUT2D eigenvalue weighted by Gasteiger charge is 2.42. The summed E-state index contributed by atoms with van der Waals surface area (Å²) in [4.78, 5) is 15.2. The van der Waals surface area contributed by atoms with Gasteiger partial charge in [-0.2, -0.15) is 0 Å². The summed E-state index contributed by atoms with van der Waals surface area (Å²) in [5, 5.41) is 9.82. The highest BCUT2D eigenvalue weighted by atomic mass is 79.9. The van der Waals surface area contributed by atoms with Gasteiger partial charge in [0.1, 0.15) is 0 Å². The number of phenolic OH excluding ortho intramolecular Hbond substituents is 1. The Labute approximate surface area is 126 Å². The van der Waals surface area contributed by atoms with Crippen LogP contribution in [-0.2, 0) is 0 Å². The molecule has 1 N–H and O–H groups in total. The van der Waals surface area contributed by atoms with Crippen molar-refractivity contribution in [3.63, 3.8) is 0 Å². The first-order chi connectivity index (χ1) is 9.60. The summed E-state index contributed by atoms with van der Waals surface area (Å²) in [5.74, 6) is 0.430. The van der Waals surface area contributed by atoms with Crippen molar-refractivity contribution in [2.24, 2.45) is 0 Å². The lowest BCUT2D eigenvalue weighted by atomic mass is 10.0. The van der Waals surface area contributed by atoms with Crippen molar-refractivity contribution in [1.82, 2.24) is 4.90 Å². The normalized spacial score (nSPS) is 28.5. The van der Waals surface area contributed by atoms with Crippen LogP contribution in [0.3, 0.4) is 0 Å². The van der Waals surface area contributed by atoms with Crippen LogP contribution in [0, 0.1) is 0 Å². The third kappa shape index (κ3) is 2.28. The number of benzene rings is 1. The maximum Gasteiger partial charge on any atom is 0.254 e. The number of aromatic hydroxyl groups is 1. The lowest BCUT2D eigenvalue weighted by Gasteiger charge is -2.37. The van der Waals surface area contributed by atoms with Crippen molar-refractivity contribution in [2.75, 3.05) is 7.11 Å². The standard InChI is InChI=1S/C15H18BrNO3/c1-20-14-5-2-9(6-13(14)18)15(19)17-11-3-4-12(17)8-10(16)7-11/h2,5-6,10-12,18H,3-4,7-8H2,1H3. The number of rotatable bonds is 2. The van der Waals surface area contributed by atoms with Gasteiger partial charge in [-0.25, -0.2) is 0 Å². The Morgan fingerprint density at radius 1 is 1.35 bits per heavy atom. The number of phenols is 1. The molecule has 2 saturated heterocycles. The van der Waals surface area contributed by atoms with Gasteiger partial charge in [0, 0.05) is 22.5 Å². The van der Waals surface area contributed by atoms with Gasteiger partial charge in [-0.15, -0.1) is 0 Å². The van der Waals surface area contributed by atoms with E-state index < -0.39 is 0 Å². The van der Waals surface area contributed by atoms with E-state index in [1.165, 1.54) is 13.2 Å². The maximum absolute atomic E-state index is 12.7. The zero-order valence-electron chi connectivity index (χ0n) is 11.4. The number of alkyl halides is 1. The summed E-state index contributed by atoms with van der Waals surface area (Å²) in [6.07, 6.45) is 4.20. The number of fused-ring (bicyclic) bond motifs is 2. The third-order valence-corrected chi connectivity index (χ3v) is 5.08. The van der Waals surface area contributed by atoms with Crippen molar-refractivity contribution in [3.05, 3.63) is 23.8 Å². The van der Waals surface area contributed by atoms with Gasteiger partial charge in [0.2, 0.25) is 0 Å². The highest BCUT2D eigenvalue weighted by Crippen LogP contribution is 2.39. The first-order valence-corrected chi connectivity index (χ1v) is 7.85. The highest BCUT2D eigenvalue weighted by molar-refractivity contribution is 9.09. The predicted octanol–water partition coefficient (Wildman–Crippen LogP) is 2.93. The number of hydrogen-bond acceptors (Lipinski definition) is 3. The second-order valence-electron chi connectivity index (χ2n) is 5.55. The van der Waals surface area contributed by atoms with Gasteiger partial charge in [-0.05, 0) is 43.9 Å². The second kappa shape index (κ2) is 5.28. The number of carbonyl (C=O) groups is 1. The van der Waals surface area contributed by atoms with Gasteiger partial charge >= 0.3 is 0 Å². The van der Waals surface area contributed by atoms with E-state index in [0.29, 0.717) is 28.2 Å². The Hall–Kier alpha value is -1.23. The number of ether oxygens (including phenoxy) is 1. The van der Waals surface area contributed by atoms with Crippen LogP contribution in [0.2, 0.25) is 0 Å². The molecule has 5 heteroatoms. The summed E-state index contributed by atoms with van der Waals surface area (Å²) in [5.41, 5.74) is 0.535. The van der Waals surface area contributed by atoms with E-state index in [-0.39, 0.29) is 11.7 Å². The van der Waals surface area contributed by atoms with Crippen molar-refractivity contribution >= 4 is 21.8 Å². The minimum atomic E-state index is 0.0149. The van der Waals surface area contributed by atoms with Gasteiger partial charge in [0.15, 0.2) is 11.5 Å². The monoisotopic (exact) mass is 339 g/mol. The van der Waals surface area contributed by atoms with Gasteiger partial charge in [0.05, 0.1) is 7.11 Å². The molecule has 2 atom stereocenters. The quantitative estimate of drug-likeness (QED) is 0.843. The Morgan fingerprint density at radius 3 is 2.55 bits per heavy atom. The van der Waals surface area contributed by atoms with E-state index in [1.54, 1.807) is 12.1 Å². The maximum atomic E-state index is 12.7. The fourth-order valence-electron chi connectivity index (χ4n) is 3.41. The fraction of sp³-hybridized carbons (Fsp3) is 0.533. The molecular formula is C15H18BrNO3. The molecule has 0 saturated carbocycles. The minimum Gasteiger partial charge on any atom is -0.504 e. The van der Waals surface area contributed by atoms with E-state index in [2.05, 4.69) is 15.9 Å². The predicted molar refractivity (Wildman–Crippen MR) is 79.6 cm³/mol. The molecule has 20 heavy (non-hydrogen) atoms. The smallest absolute Gasteiger partial charge is 0.254 e. The summed E-state index contributed by atoms with van der Waals surface area (Å²) >= 11 is 3.68. The molecule has 1 aromatic rings. The Kier molecular flexibility index (Phi) is 3.63. The molecule has 4 nitrogen and oxygen atoms in total. The Bertz CT molecular complexity index is 520. The lowest BCUT2D eigenvalue weighted by molar-refractivity contribution is 0.0603. The molecule has 3 rings (SSSR count).